The van der Waals surface area contributed by atoms with Gasteiger partial charge in [0.05, 0.1) is 52.2 Å². The van der Waals surface area contributed by atoms with Gasteiger partial charge in [0.25, 0.3) is 5.56 Å². The number of nitrogens with two attached hydrogens (primary N) is 1. The van der Waals surface area contributed by atoms with Gasteiger partial charge >= 0.3 is 10.9 Å². The van der Waals surface area contributed by atoms with Crippen LogP contribution in [0.4, 0.5) is 57.9 Å². The van der Waals surface area contributed by atoms with Crippen LogP contribution in [0.2, 0.25) is 15.7 Å². The molecular formula is C58H63BCl6F4N18O3P. The van der Waals surface area contributed by atoms with Gasteiger partial charge < -0.3 is 25.8 Å². The van der Waals surface area contributed by atoms with Gasteiger partial charge in [-0.15, -0.1) is 0 Å². The summed E-state index contributed by atoms with van der Waals surface area (Å²) < 4.78 is 67.9. The molecular weight excluding hydrogens is 1330 g/mol. The second-order valence-corrected chi connectivity index (χ2v) is 27.6. The van der Waals surface area contributed by atoms with Crippen molar-refractivity contribution in [2.24, 2.45) is 21.1 Å². The number of nitrogen functional groups attached to an aromatic ring is 1. The Labute approximate surface area is 552 Å². The average molecular weight is 1390 g/mol. The Morgan fingerprint density at radius 2 is 0.956 bits per heavy atom. The maximum atomic E-state index is 14.8. The first kappa shape index (κ1) is 75.6. The fraction of sp³-hybridized carbons (Fsp3) is 0.259. The average Bonchev–Trinajstić information content (AvgIpc) is 1.80. The predicted molar refractivity (Wildman–Crippen MR) is 361 cm³/mol. The molecule has 0 aliphatic rings. The van der Waals surface area contributed by atoms with Crippen molar-refractivity contribution in [3.05, 3.63) is 184 Å². The summed E-state index contributed by atoms with van der Waals surface area (Å²) in [5, 5.41) is 16.3. The minimum Gasteiger partial charge on any atom is -0.398 e. The summed E-state index contributed by atoms with van der Waals surface area (Å²) in [6, 6.07) is 16.4. The number of benzene rings is 4. The molecule has 0 aliphatic heterocycles. The lowest BCUT2D eigenvalue weighted by Crippen LogP contribution is -2.23. The van der Waals surface area contributed by atoms with E-state index < -0.39 is 39.7 Å². The van der Waals surface area contributed by atoms with Crippen molar-refractivity contribution in [1.29, 1.82) is 0 Å². The summed E-state index contributed by atoms with van der Waals surface area (Å²) in [7, 11) is 9.29. The van der Waals surface area contributed by atoms with Crippen LogP contribution in [0.5, 0.6) is 0 Å². The van der Waals surface area contributed by atoms with E-state index in [0.29, 0.717) is 12.1 Å². The quantitative estimate of drug-likeness (QED) is 0.0301. The highest BCUT2D eigenvalue weighted by molar-refractivity contribution is 8.24. The first-order valence-electron chi connectivity index (χ1n) is 26.1. The van der Waals surface area contributed by atoms with Gasteiger partial charge in [-0.25, -0.2) is 37.9 Å². The minimum atomic E-state index is -3.22. The SMILES string of the molecule is C.Cc1cc(C)c(Nc2ncc(F)c(N(C)c3cc4c(cc3C)c(C)nn4C)n2)cc1C.Cc1cc2c(C)nn(C)c2cc1N.Cc1cc2c(C)nn(C)c2cc1N(C)c1nc(Cl)ncc1F.Fc1cnc(Cl)nc1Cl.O=P(Cl)(Cl)Cl.O=c1[nH]cc(F)c(=O)[nH]1.[B]. The van der Waals surface area contributed by atoms with Gasteiger partial charge in [0.1, 0.15) is 0 Å². The molecule has 0 aliphatic carbocycles. The Morgan fingerprint density at radius 3 is 1.40 bits per heavy atom. The van der Waals surface area contributed by atoms with Crippen molar-refractivity contribution in [3.8, 4) is 0 Å². The largest absolute Gasteiger partial charge is 0.398 e. The molecule has 3 radical (unpaired) electrons. The summed E-state index contributed by atoms with van der Waals surface area (Å²) in [5.41, 5.74) is 20.2. The van der Waals surface area contributed by atoms with E-state index in [9.17, 15) is 31.7 Å². The Hall–Kier alpha value is -7.84. The van der Waals surface area contributed by atoms with Crippen molar-refractivity contribution in [1.82, 2.24) is 69.2 Å². The zero-order valence-corrected chi connectivity index (χ0v) is 56.2. The van der Waals surface area contributed by atoms with E-state index >= 15 is 0 Å². The number of rotatable bonds is 6. The fourth-order valence-corrected chi connectivity index (χ4v) is 9.30. The Bertz CT molecular complexity index is 4550. The monoisotopic (exact) mass is 1390 g/mol. The van der Waals surface area contributed by atoms with E-state index in [0.717, 1.165) is 102 Å². The molecule has 4 aromatic carbocycles. The van der Waals surface area contributed by atoms with Crippen LogP contribution < -0.4 is 32.1 Å². The highest BCUT2D eigenvalue weighted by Gasteiger charge is 2.20. The van der Waals surface area contributed by atoms with Crippen molar-refractivity contribution in [2.75, 3.05) is 34.9 Å². The summed E-state index contributed by atoms with van der Waals surface area (Å²) >= 11 is 30.1. The van der Waals surface area contributed by atoms with Gasteiger partial charge in [-0.2, -0.15) is 29.7 Å². The van der Waals surface area contributed by atoms with Crippen molar-refractivity contribution in [2.45, 2.75) is 69.7 Å². The number of anilines is 7. The summed E-state index contributed by atoms with van der Waals surface area (Å²) in [6.07, 6.45) is 3.90. The molecule has 0 saturated carbocycles. The number of H-pyrrole nitrogens is 2. The lowest BCUT2D eigenvalue weighted by Gasteiger charge is -2.22. The number of hydrogen-bond acceptors (Lipinski definition) is 16. The smallest absolute Gasteiger partial charge is 0.339 e. The van der Waals surface area contributed by atoms with E-state index in [-0.39, 0.29) is 43.2 Å². The maximum Gasteiger partial charge on any atom is 0.339 e. The molecule has 7 aromatic heterocycles. The molecule has 0 saturated heterocycles. The summed E-state index contributed by atoms with van der Waals surface area (Å²) in [4.78, 5) is 50.4. The molecule has 0 amide bonds. The second-order valence-electron chi connectivity index (χ2n) is 19.9. The van der Waals surface area contributed by atoms with Crippen LogP contribution in [0.3, 0.4) is 0 Å². The van der Waals surface area contributed by atoms with Crippen LogP contribution in [-0.2, 0) is 25.7 Å². The van der Waals surface area contributed by atoms with Gasteiger partial charge in [0.2, 0.25) is 22.3 Å². The molecule has 11 rings (SSSR count). The van der Waals surface area contributed by atoms with Crippen LogP contribution in [0.1, 0.15) is 57.9 Å². The maximum absolute atomic E-state index is 14.8. The third-order valence-corrected chi connectivity index (χ3v) is 14.1. The number of aryl methyl sites for hydroxylation is 12. The van der Waals surface area contributed by atoms with E-state index in [1.54, 1.807) is 21.8 Å². The van der Waals surface area contributed by atoms with Crippen molar-refractivity contribution < 1.29 is 22.1 Å². The fourth-order valence-electron chi connectivity index (χ4n) is 8.87. The molecule has 0 bridgehead atoms. The number of aromatic nitrogens is 14. The molecule has 33 heteroatoms. The summed E-state index contributed by atoms with van der Waals surface area (Å²) in [6.45, 7) is 18.1. The molecule has 0 unspecified atom stereocenters. The van der Waals surface area contributed by atoms with Gasteiger partial charge in [0, 0.05) is 88.8 Å². The zero-order chi connectivity index (χ0) is 66.3. The topological polar surface area (TPSA) is 258 Å². The highest BCUT2D eigenvalue weighted by atomic mass is 36.0. The number of halogens is 10. The van der Waals surface area contributed by atoms with Crippen LogP contribution in [-0.4, -0.2) is 91.7 Å². The third-order valence-electron chi connectivity index (χ3n) is 13.4. The van der Waals surface area contributed by atoms with Crippen LogP contribution in [0.15, 0.2) is 82.9 Å². The predicted octanol–water partition coefficient (Wildman–Crippen LogP) is 15.1. The van der Waals surface area contributed by atoms with Crippen LogP contribution in [0, 0.1) is 85.6 Å². The molecule has 0 atom stereocenters. The van der Waals surface area contributed by atoms with Gasteiger partial charge in [-0.1, -0.05) is 25.1 Å². The molecule has 0 fully saturated rings. The number of nitrogens with one attached hydrogen (secondary N) is 3. The second kappa shape index (κ2) is 31.9. The molecule has 91 heavy (non-hydrogen) atoms. The summed E-state index contributed by atoms with van der Waals surface area (Å²) in [5.74, 6) is -1.96. The first-order chi connectivity index (χ1) is 41.5. The van der Waals surface area contributed by atoms with E-state index in [1.807, 2.05) is 120 Å². The normalized spacial score (nSPS) is 10.6. The molecule has 21 nitrogen and oxygen atoms in total. The molecule has 5 N–H and O–H groups in total. The van der Waals surface area contributed by atoms with E-state index in [4.69, 9.17) is 40.5 Å². The number of nitrogens with zero attached hydrogens (tertiary/aromatic N) is 14. The molecule has 11 aromatic rings. The van der Waals surface area contributed by atoms with Gasteiger partial charge in [-0.3, -0.25) is 28.4 Å². The molecule has 481 valence electrons. The first-order valence-corrected chi connectivity index (χ1v) is 31.7. The van der Waals surface area contributed by atoms with Crippen molar-refractivity contribution in [3.63, 3.8) is 0 Å². The van der Waals surface area contributed by atoms with Gasteiger partial charge in [0.15, 0.2) is 34.2 Å². The number of hydrogen-bond donors (Lipinski definition) is 4. The van der Waals surface area contributed by atoms with Crippen LogP contribution in [0.25, 0.3) is 32.7 Å². The van der Waals surface area contributed by atoms with Crippen molar-refractivity contribution >= 4 is 155 Å². The number of aromatic amines is 2. The van der Waals surface area contributed by atoms with E-state index in [2.05, 4.69) is 122 Å². The van der Waals surface area contributed by atoms with E-state index in [1.165, 1.54) is 22.7 Å². The lowest BCUT2D eigenvalue weighted by molar-refractivity contribution is 0.596. The Morgan fingerprint density at radius 1 is 0.549 bits per heavy atom. The van der Waals surface area contributed by atoms with Crippen LogP contribution >= 0.6 is 73.7 Å². The molecule has 7 heterocycles. The Balaban J connectivity index is 0.000000256. The zero-order valence-electron chi connectivity index (χ0n) is 50.8. The lowest BCUT2D eigenvalue weighted by atomic mass is 10.1. The van der Waals surface area contributed by atoms with Gasteiger partial charge in [-0.05, 0) is 195 Å². The molecule has 0 spiro atoms. The minimum absolute atomic E-state index is 0. The number of fused-ring (bicyclic) bond motifs is 3. The standard InChI is InChI=1S/C24H27FN6.C15H15ClFN5.C10H13N3.C4HCl2FN2.C4H3FN2O2.CH4.B.Cl3OP/c1-13-8-15(3)20(10-14(13)2)27-24-26-12-19(25)23(28-24)30(6)21-11-22-18(9-16(21)4)17(5)29-31(22)7;1-8-5-10-9(2)20-22(4)13(10)6-12(8)21(3)14-11(17)7-18-15(16)19-14;1-6-4-8-7(2)12-13(3)10(8)5-9(6)11;5-3-2(7)1-8-4(6)9-3;5-2-1-6-4(9)7-3(2)8;;;1-5(2,3)4/h8-12H,1-7H3,(H,26,27,28);5-7H,1-4H3;4-5H,11H2,1-3H3;1H;1H,(H2,6,7,8,9);1H4;;. The highest BCUT2D eigenvalue weighted by Crippen LogP contribution is 2.61. The third kappa shape index (κ3) is 19.6. The Kier molecular flexibility index (Phi) is 26.5.